The van der Waals surface area contributed by atoms with Crippen LogP contribution in [0.5, 0.6) is 0 Å². The number of nitrogens with zero attached hydrogens (tertiary/aromatic N) is 2. The van der Waals surface area contributed by atoms with E-state index in [0.717, 1.165) is 16.0 Å². The summed E-state index contributed by atoms with van der Waals surface area (Å²) in [5.74, 6) is 0. The molecule has 0 fully saturated rings. The molecule has 0 aliphatic carbocycles. The highest BCUT2D eigenvalue weighted by molar-refractivity contribution is 9.10. The minimum Gasteiger partial charge on any atom is -0.354 e. The molecule has 0 atom stereocenters. The molecule has 1 N–H and O–H groups in total. The van der Waals surface area contributed by atoms with E-state index in [0.29, 0.717) is 0 Å². The summed E-state index contributed by atoms with van der Waals surface area (Å²) in [5.41, 5.74) is 1.96. The zero-order valence-corrected chi connectivity index (χ0v) is 8.90. The van der Waals surface area contributed by atoms with Crippen LogP contribution in [0.2, 0.25) is 0 Å². The Bertz CT molecular complexity index is 399. The molecule has 0 amide bonds. The number of halogens is 1. The van der Waals surface area contributed by atoms with Crippen molar-refractivity contribution >= 4 is 27.3 Å². The van der Waals surface area contributed by atoms with Crippen LogP contribution in [0.4, 0.5) is 11.4 Å². The number of anilines is 2. The zero-order valence-electron chi connectivity index (χ0n) is 7.31. The van der Waals surface area contributed by atoms with Crippen molar-refractivity contribution in [2.75, 3.05) is 5.32 Å². The van der Waals surface area contributed by atoms with Crippen molar-refractivity contribution in [2.45, 2.75) is 0 Å². The SMILES string of the molecule is Brc1ccc(Nc2ccncc2)cn1. The highest BCUT2D eigenvalue weighted by atomic mass is 79.9. The molecule has 14 heavy (non-hydrogen) atoms. The molecule has 3 nitrogen and oxygen atoms in total. The summed E-state index contributed by atoms with van der Waals surface area (Å²) in [6.07, 6.45) is 5.26. The van der Waals surface area contributed by atoms with E-state index in [9.17, 15) is 0 Å². The Kier molecular flexibility index (Phi) is 2.74. The first-order valence-corrected chi connectivity index (χ1v) is 4.92. The molecule has 70 valence electrons. The van der Waals surface area contributed by atoms with Gasteiger partial charge in [0.2, 0.25) is 0 Å². The van der Waals surface area contributed by atoms with Gasteiger partial charge in [-0.3, -0.25) is 4.98 Å². The van der Waals surface area contributed by atoms with E-state index in [4.69, 9.17) is 0 Å². The van der Waals surface area contributed by atoms with Crippen LogP contribution < -0.4 is 5.32 Å². The average molecular weight is 250 g/mol. The van der Waals surface area contributed by atoms with Gasteiger partial charge in [0, 0.05) is 18.1 Å². The van der Waals surface area contributed by atoms with Gasteiger partial charge in [-0.2, -0.15) is 0 Å². The molecule has 0 bridgehead atoms. The fourth-order valence-corrected chi connectivity index (χ4v) is 1.29. The lowest BCUT2D eigenvalue weighted by Crippen LogP contribution is -1.90. The van der Waals surface area contributed by atoms with Gasteiger partial charge >= 0.3 is 0 Å². The molecule has 0 unspecified atom stereocenters. The summed E-state index contributed by atoms with van der Waals surface area (Å²) >= 11 is 3.28. The number of nitrogens with one attached hydrogen (secondary N) is 1. The number of hydrogen-bond acceptors (Lipinski definition) is 3. The second kappa shape index (κ2) is 4.19. The Morgan fingerprint density at radius 3 is 2.43 bits per heavy atom. The van der Waals surface area contributed by atoms with Crippen LogP contribution in [-0.2, 0) is 0 Å². The molecule has 0 radical (unpaired) electrons. The molecule has 2 aromatic rings. The van der Waals surface area contributed by atoms with Crippen molar-refractivity contribution in [3.05, 3.63) is 47.5 Å². The van der Waals surface area contributed by atoms with Gasteiger partial charge in [0.1, 0.15) is 4.60 Å². The molecular formula is C10H8BrN3. The van der Waals surface area contributed by atoms with E-state index >= 15 is 0 Å². The Morgan fingerprint density at radius 2 is 1.79 bits per heavy atom. The Balaban J connectivity index is 2.16. The van der Waals surface area contributed by atoms with Gasteiger partial charge in [0.05, 0.1) is 11.9 Å². The predicted octanol–water partition coefficient (Wildman–Crippen LogP) is 2.98. The molecule has 2 aromatic heterocycles. The number of rotatable bonds is 2. The van der Waals surface area contributed by atoms with Crippen molar-refractivity contribution in [1.82, 2.24) is 9.97 Å². The van der Waals surface area contributed by atoms with Crippen molar-refractivity contribution in [3.63, 3.8) is 0 Å². The fourth-order valence-electron chi connectivity index (χ4n) is 1.05. The molecule has 0 aliphatic rings. The summed E-state index contributed by atoms with van der Waals surface area (Å²) < 4.78 is 0.831. The first-order valence-electron chi connectivity index (χ1n) is 4.13. The largest absolute Gasteiger partial charge is 0.354 e. The highest BCUT2D eigenvalue weighted by Crippen LogP contribution is 2.15. The zero-order chi connectivity index (χ0) is 9.80. The first-order chi connectivity index (χ1) is 6.84. The van der Waals surface area contributed by atoms with Crippen LogP contribution in [0.1, 0.15) is 0 Å². The molecule has 0 spiro atoms. The van der Waals surface area contributed by atoms with Crippen LogP contribution in [0.25, 0.3) is 0 Å². The van der Waals surface area contributed by atoms with Gasteiger partial charge in [-0.05, 0) is 40.2 Å². The second-order valence-electron chi connectivity index (χ2n) is 2.73. The van der Waals surface area contributed by atoms with Crippen LogP contribution in [-0.4, -0.2) is 9.97 Å². The lowest BCUT2D eigenvalue weighted by atomic mass is 10.3. The number of pyridine rings is 2. The van der Waals surface area contributed by atoms with E-state index in [1.165, 1.54) is 0 Å². The normalized spacial score (nSPS) is 9.79. The van der Waals surface area contributed by atoms with E-state index in [-0.39, 0.29) is 0 Å². The standard InChI is InChI=1S/C10H8BrN3/c11-10-2-1-9(7-13-10)14-8-3-5-12-6-4-8/h1-7H,(H,12,14). The van der Waals surface area contributed by atoms with Crippen LogP contribution in [0.15, 0.2) is 47.5 Å². The third kappa shape index (κ3) is 2.29. The van der Waals surface area contributed by atoms with Crippen molar-refractivity contribution in [1.29, 1.82) is 0 Å². The number of hydrogen-bond donors (Lipinski definition) is 1. The summed E-state index contributed by atoms with van der Waals surface area (Å²) in [6, 6.07) is 7.66. The topological polar surface area (TPSA) is 37.8 Å². The maximum atomic E-state index is 4.11. The Hall–Kier alpha value is -1.42. The smallest absolute Gasteiger partial charge is 0.106 e. The van der Waals surface area contributed by atoms with Gasteiger partial charge in [-0.15, -0.1) is 0 Å². The van der Waals surface area contributed by atoms with E-state index in [1.54, 1.807) is 18.6 Å². The molecule has 0 aromatic carbocycles. The van der Waals surface area contributed by atoms with Crippen LogP contribution in [0, 0.1) is 0 Å². The van der Waals surface area contributed by atoms with Gasteiger partial charge in [0.25, 0.3) is 0 Å². The lowest BCUT2D eigenvalue weighted by molar-refractivity contribution is 1.27. The number of aromatic nitrogens is 2. The van der Waals surface area contributed by atoms with E-state index in [1.807, 2.05) is 24.3 Å². The quantitative estimate of drug-likeness (QED) is 0.832. The predicted molar refractivity (Wildman–Crippen MR) is 59.5 cm³/mol. The maximum Gasteiger partial charge on any atom is 0.106 e. The third-order valence-electron chi connectivity index (χ3n) is 1.70. The highest BCUT2D eigenvalue weighted by Gasteiger charge is 1.93. The lowest BCUT2D eigenvalue weighted by Gasteiger charge is -2.04. The monoisotopic (exact) mass is 249 g/mol. The van der Waals surface area contributed by atoms with Crippen molar-refractivity contribution in [3.8, 4) is 0 Å². The Labute approximate surface area is 90.3 Å². The summed E-state index contributed by atoms with van der Waals surface area (Å²) in [4.78, 5) is 8.05. The van der Waals surface area contributed by atoms with Crippen molar-refractivity contribution < 1.29 is 0 Å². The van der Waals surface area contributed by atoms with E-state index in [2.05, 4.69) is 31.2 Å². The maximum absolute atomic E-state index is 4.11. The molecular weight excluding hydrogens is 242 g/mol. The minimum atomic E-state index is 0.831. The Morgan fingerprint density at radius 1 is 1.00 bits per heavy atom. The molecule has 2 rings (SSSR count). The second-order valence-corrected chi connectivity index (χ2v) is 3.54. The van der Waals surface area contributed by atoms with Gasteiger partial charge in [-0.25, -0.2) is 4.98 Å². The molecule has 0 aliphatic heterocycles. The first kappa shape index (κ1) is 9.15. The van der Waals surface area contributed by atoms with Crippen LogP contribution >= 0.6 is 15.9 Å². The molecule has 2 heterocycles. The molecule has 0 saturated carbocycles. The van der Waals surface area contributed by atoms with Gasteiger partial charge in [-0.1, -0.05) is 0 Å². The van der Waals surface area contributed by atoms with Crippen molar-refractivity contribution in [2.24, 2.45) is 0 Å². The molecule has 4 heteroatoms. The molecule has 0 saturated heterocycles. The summed E-state index contributed by atoms with van der Waals surface area (Å²) in [6.45, 7) is 0. The summed E-state index contributed by atoms with van der Waals surface area (Å²) in [5, 5.41) is 3.21. The van der Waals surface area contributed by atoms with Crippen LogP contribution in [0.3, 0.4) is 0 Å². The average Bonchev–Trinajstić information content (AvgIpc) is 2.23. The van der Waals surface area contributed by atoms with E-state index < -0.39 is 0 Å². The van der Waals surface area contributed by atoms with Gasteiger partial charge < -0.3 is 5.32 Å². The fraction of sp³-hybridized carbons (Fsp3) is 0. The minimum absolute atomic E-state index is 0.831. The third-order valence-corrected chi connectivity index (χ3v) is 2.17. The summed E-state index contributed by atoms with van der Waals surface area (Å²) in [7, 11) is 0. The van der Waals surface area contributed by atoms with Gasteiger partial charge in [0.15, 0.2) is 0 Å².